The molecule has 3 unspecified atom stereocenters. The Bertz CT molecular complexity index is 504. The molecule has 1 N–H and O–H groups in total. The van der Waals surface area contributed by atoms with E-state index >= 15 is 0 Å². The zero-order chi connectivity index (χ0) is 14.9. The van der Waals surface area contributed by atoms with Crippen LogP contribution in [0, 0.1) is 12.8 Å². The van der Waals surface area contributed by atoms with Gasteiger partial charge < -0.3 is 10.1 Å². The smallest absolute Gasteiger partial charge is 0.123 e. The summed E-state index contributed by atoms with van der Waals surface area (Å²) in [4.78, 5) is 0. The Hall–Kier alpha value is -0.730. The number of hydrogen-bond donors (Lipinski definition) is 1. The van der Waals surface area contributed by atoms with Crippen molar-refractivity contribution in [3.8, 4) is 5.75 Å². The second kappa shape index (κ2) is 6.18. The Morgan fingerprint density at radius 2 is 2.29 bits per heavy atom. The minimum absolute atomic E-state index is 0.118. The third-order valence-electron chi connectivity index (χ3n) is 5.01. The first-order valence-electron chi connectivity index (χ1n) is 8.17. The number of rotatable bonds is 4. The van der Waals surface area contributed by atoms with Crippen molar-refractivity contribution in [2.45, 2.75) is 57.6 Å². The summed E-state index contributed by atoms with van der Waals surface area (Å²) in [5, 5.41) is 3.75. The molecule has 2 aliphatic rings. The van der Waals surface area contributed by atoms with Crippen molar-refractivity contribution in [3.05, 3.63) is 29.3 Å². The molecule has 2 nitrogen and oxygen atoms in total. The van der Waals surface area contributed by atoms with E-state index in [1.54, 1.807) is 0 Å². The molecule has 1 saturated carbocycles. The molecule has 0 amide bonds. The first-order chi connectivity index (χ1) is 10.1. The van der Waals surface area contributed by atoms with Gasteiger partial charge in [-0.2, -0.15) is 0 Å². The Balaban J connectivity index is 1.58. The molecule has 3 heteroatoms. The summed E-state index contributed by atoms with van der Waals surface area (Å²) in [5.41, 5.74) is 2.77. The lowest BCUT2D eigenvalue weighted by Crippen LogP contribution is -2.52. The van der Waals surface area contributed by atoms with Gasteiger partial charge in [-0.05, 0) is 37.3 Å². The van der Waals surface area contributed by atoms with Gasteiger partial charge >= 0.3 is 0 Å². The van der Waals surface area contributed by atoms with E-state index in [4.69, 9.17) is 16.3 Å². The molecule has 1 aromatic rings. The molecule has 1 aliphatic carbocycles. The zero-order valence-corrected chi connectivity index (χ0v) is 13.9. The van der Waals surface area contributed by atoms with Gasteiger partial charge in [-0.3, -0.25) is 0 Å². The van der Waals surface area contributed by atoms with E-state index in [9.17, 15) is 0 Å². The number of hydrogen-bond acceptors (Lipinski definition) is 2. The van der Waals surface area contributed by atoms with Crippen molar-refractivity contribution in [1.82, 2.24) is 5.32 Å². The fourth-order valence-corrected chi connectivity index (χ4v) is 4.22. The van der Waals surface area contributed by atoms with Gasteiger partial charge in [0, 0.05) is 24.4 Å². The van der Waals surface area contributed by atoms with Crippen molar-refractivity contribution in [2.24, 2.45) is 5.92 Å². The predicted octanol–water partition coefficient (Wildman–Crippen LogP) is 4.08. The number of benzene rings is 1. The molecular formula is C18H26ClNO. The van der Waals surface area contributed by atoms with Crippen LogP contribution in [0.1, 0.15) is 43.7 Å². The van der Waals surface area contributed by atoms with Gasteiger partial charge in [0.05, 0.1) is 0 Å². The van der Waals surface area contributed by atoms with Crippen LogP contribution < -0.4 is 10.1 Å². The molecule has 116 valence electrons. The number of alkyl halides is 1. The number of ether oxygens (including phenoxy) is 1. The molecule has 0 spiro atoms. The maximum absolute atomic E-state index is 6.29. The second-order valence-electron chi connectivity index (χ2n) is 7.05. The molecule has 0 radical (unpaired) electrons. The van der Waals surface area contributed by atoms with E-state index in [0.717, 1.165) is 24.6 Å². The van der Waals surface area contributed by atoms with Crippen LogP contribution in [0.15, 0.2) is 18.2 Å². The quantitative estimate of drug-likeness (QED) is 0.846. The molecule has 21 heavy (non-hydrogen) atoms. The Morgan fingerprint density at radius 1 is 1.43 bits per heavy atom. The fourth-order valence-electron chi connectivity index (χ4n) is 3.88. The van der Waals surface area contributed by atoms with Crippen LogP contribution >= 0.6 is 11.6 Å². The van der Waals surface area contributed by atoms with E-state index in [1.807, 2.05) is 0 Å². The lowest BCUT2D eigenvalue weighted by Gasteiger charge is -2.40. The van der Waals surface area contributed by atoms with Gasteiger partial charge in [0.25, 0.3) is 0 Å². The van der Waals surface area contributed by atoms with Crippen LogP contribution in [0.25, 0.3) is 0 Å². The summed E-state index contributed by atoms with van der Waals surface area (Å²) in [7, 11) is 0. The van der Waals surface area contributed by atoms with Crippen LogP contribution in [-0.2, 0) is 6.42 Å². The standard InChI is InChI=1S/C18H26ClNO/c1-13-5-6-17-15(8-13)9-16(21-17)11-20-18(12-19)7-3-4-14(2)10-18/h5-6,8,14,16,20H,3-4,7,9-12H2,1-2H3. The fraction of sp³-hybridized carbons (Fsp3) is 0.667. The highest BCUT2D eigenvalue weighted by molar-refractivity contribution is 6.18. The molecule has 3 rings (SSSR count). The largest absolute Gasteiger partial charge is 0.488 e. The number of aryl methyl sites for hydroxylation is 1. The molecule has 1 aliphatic heterocycles. The molecule has 0 saturated heterocycles. The van der Waals surface area contributed by atoms with Crippen LogP contribution in [0.5, 0.6) is 5.75 Å². The van der Waals surface area contributed by atoms with E-state index in [1.165, 1.54) is 36.8 Å². The second-order valence-corrected chi connectivity index (χ2v) is 7.32. The highest BCUT2D eigenvalue weighted by Gasteiger charge is 2.35. The summed E-state index contributed by atoms with van der Waals surface area (Å²) in [5.74, 6) is 2.54. The molecule has 3 atom stereocenters. The lowest BCUT2D eigenvalue weighted by atomic mass is 9.77. The monoisotopic (exact) mass is 307 g/mol. The molecular weight excluding hydrogens is 282 g/mol. The van der Waals surface area contributed by atoms with Crippen molar-refractivity contribution >= 4 is 11.6 Å². The van der Waals surface area contributed by atoms with Crippen LogP contribution in [-0.4, -0.2) is 24.1 Å². The Kier molecular flexibility index (Phi) is 4.46. The highest BCUT2D eigenvalue weighted by Crippen LogP contribution is 2.34. The number of nitrogens with one attached hydrogen (secondary N) is 1. The van der Waals surface area contributed by atoms with Crippen molar-refractivity contribution < 1.29 is 4.74 Å². The normalized spacial score (nSPS) is 31.8. The van der Waals surface area contributed by atoms with E-state index < -0.39 is 0 Å². The summed E-state index contributed by atoms with van der Waals surface area (Å²) in [6, 6.07) is 6.47. The SMILES string of the molecule is Cc1ccc2c(c1)CC(CNC1(CCl)CCCC(C)C1)O2. The molecule has 1 fully saturated rings. The third kappa shape index (κ3) is 3.37. The summed E-state index contributed by atoms with van der Waals surface area (Å²) >= 11 is 6.29. The van der Waals surface area contributed by atoms with Gasteiger partial charge in [-0.15, -0.1) is 11.6 Å². The van der Waals surface area contributed by atoms with Crippen molar-refractivity contribution in [1.29, 1.82) is 0 Å². The van der Waals surface area contributed by atoms with Gasteiger partial charge in [0.15, 0.2) is 0 Å². The van der Waals surface area contributed by atoms with E-state index in [0.29, 0.717) is 5.88 Å². The van der Waals surface area contributed by atoms with E-state index in [2.05, 4.69) is 37.4 Å². The summed E-state index contributed by atoms with van der Waals surface area (Å²) in [6.07, 6.45) is 6.27. The summed E-state index contributed by atoms with van der Waals surface area (Å²) < 4.78 is 6.06. The van der Waals surface area contributed by atoms with Gasteiger partial charge in [0.1, 0.15) is 11.9 Å². The highest BCUT2D eigenvalue weighted by atomic mass is 35.5. The van der Waals surface area contributed by atoms with Crippen molar-refractivity contribution in [2.75, 3.05) is 12.4 Å². The van der Waals surface area contributed by atoms with Crippen LogP contribution in [0.3, 0.4) is 0 Å². The number of halogens is 1. The maximum atomic E-state index is 6.29. The van der Waals surface area contributed by atoms with Crippen molar-refractivity contribution in [3.63, 3.8) is 0 Å². The average Bonchev–Trinajstić information content (AvgIpc) is 2.87. The third-order valence-corrected chi connectivity index (χ3v) is 5.52. The maximum Gasteiger partial charge on any atom is 0.123 e. The molecule has 1 aromatic carbocycles. The topological polar surface area (TPSA) is 21.3 Å². The minimum atomic E-state index is 0.118. The van der Waals surface area contributed by atoms with Crippen LogP contribution in [0.2, 0.25) is 0 Å². The number of fused-ring (bicyclic) bond motifs is 1. The summed E-state index contributed by atoms with van der Waals surface area (Å²) in [6.45, 7) is 5.37. The van der Waals surface area contributed by atoms with Gasteiger partial charge in [-0.1, -0.05) is 37.5 Å². The molecule has 0 aromatic heterocycles. The predicted molar refractivity (Wildman–Crippen MR) is 88.4 cm³/mol. The van der Waals surface area contributed by atoms with Gasteiger partial charge in [0.2, 0.25) is 0 Å². The minimum Gasteiger partial charge on any atom is -0.488 e. The average molecular weight is 308 g/mol. The van der Waals surface area contributed by atoms with Gasteiger partial charge in [-0.25, -0.2) is 0 Å². The first kappa shape index (κ1) is 15.2. The zero-order valence-electron chi connectivity index (χ0n) is 13.1. The molecule has 1 heterocycles. The Labute approximate surface area is 133 Å². The Morgan fingerprint density at radius 3 is 3.05 bits per heavy atom. The van der Waals surface area contributed by atoms with Crippen LogP contribution in [0.4, 0.5) is 0 Å². The van der Waals surface area contributed by atoms with E-state index in [-0.39, 0.29) is 11.6 Å². The lowest BCUT2D eigenvalue weighted by molar-refractivity contribution is 0.166. The first-order valence-corrected chi connectivity index (χ1v) is 8.71. The molecule has 0 bridgehead atoms.